The second-order valence-electron chi connectivity index (χ2n) is 3.53. The molecule has 0 aliphatic rings. The third-order valence-corrected chi connectivity index (χ3v) is 5.78. The molecular weight excluding hydrogens is 368 g/mol. The van der Waals surface area contributed by atoms with Crippen molar-refractivity contribution in [2.75, 3.05) is 12.0 Å². The molecular formula is C9H10F3IN2OS. The molecule has 8 heteroatoms. The fraction of sp³-hybridized carbons (Fsp3) is 0.444. The summed E-state index contributed by atoms with van der Waals surface area (Å²) >= 11 is 1.67. The molecule has 3 nitrogen and oxygen atoms in total. The van der Waals surface area contributed by atoms with Crippen molar-refractivity contribution < 1.29 is 17.4 Å². The van der Waals surface area contributed by atoms with Crippen LogP contribution in [0.4, 0.5) is 13.2 Å². The van der Waals surface area contributed by atoms with Gasteiger partial charge in [-0.2, -0.15) is 15.7 Å². The number of rotatable bonds is 3. The molecule has 0 N–H and O–H groups in total. The molecule has 1 heterocycles. The molecule has 96 valence electrons. The molecule has 17 heavy (non-hydrogen) atoms. The highest BCUT2D eigenvalue weighted by molar-refractivity contribution is 14.1. The lowest BCUT2D eigenvalue weighted by atomic mass is 10.2. The Kier molecular flexibility index (Phi) is 4.76. The van der Waals surface area contributed by atoms with Crippen molar-refractivity contribution in [3.8, 4) is 0 Å². The minimum absolute atomic E-state index is 0.309. The van der Waals surface area contributed by atoms with E-state index in [0.717, 1.165) is 12.3 Å². The zero-order valence-corrected chi connectivity index (χ0v) is 11.8. The van der Waals surface area contributed by atoms with Gasteiger partial charge < -0.3 is 0 Å². The molecule has 1 aromatic heterocycles. The van der Waals surface area contributed by atoms with E-state index in [1.165, 1.54) is 12.3 Å². The van der Waals surface area contributed by atoms with Crippen molar-refractivity contribution in [2.45, 2.75) is 12.6 Å². The van der Waals surface area contributed by atoms with Gasteiger partial charge in [-0.1, -0.05) is 6.07 Å². The summed E-state index contributed by atoms with van der Waals surface area (Å²) < 4.78 is 51.9. The highest BCUT2D eigenvalue weighted by Gasteiger charge is 2.31. The summed E-state index contributed by atoms with van der Waals surface area (Å²) in [6.07, 6.45) is -1.36. The van der Waals surface area contributed by atoms with Gasteiger partial charge in [-0.25, -0.2) is 4.21 Å². The molecule has 0 radical (unpaired) electrons. The van der Waals surface area contributed by atoms with Crippen LogP contribution in [-0.2, 0) is 22.3 Å². The number of alkyl halides is 3. The molecule has 0 amide bonds. The smallest absolute Gasteiger partial charge is 0.252 e. The van der Waals surface area contributed by atoms with Crippen LogP contribution in [0.25, 0.3) is 0 Å². The van der Waals surface area contributed by atoms with E-state index in [1.54, 1.807) is 22.9 Å². The Morgan fingerprint density at radius 1 is 1.47 bits per heavy atom. The average Bonchev–Trinajstić information content (AvgIpc) is 2.26. The van der Waals surface area contributed by atoms with Crippen molar-refractivity contribution in [3.05, 3.63) is 29.6 Å². The maximum Gasteiger partial charge on any atom is 0.433 e. The van der Waals surface area contributed by atoms with Gasteiger partial charge in [0.15, 0.2) is 0 Å². The van der Waals surface area contributed by atoms with E-state index in [1.807, 2.05) is 0 Å². The molecule has 1 aromatic rings. The van der Waals surface area contributed by atoms with E-state index >= 15 is 0 Å². The summed E-state index contributed by atoms with van der Waals surface area (Å²) in [4.78, 5) is 3.33. The Balaban J connectivity index is 2.74. The number of hydrogen-bond donors (Lipinski definition) is 0. The first-order chi connectivity index (χ1) is 7.74. The summed E-state index contributed by atoms with van der Waals surface area (Å²) in [6, 6.07) is 2.27. The molecule has 0 aliphatic carbocycles. The number of aryl methyl sites for hydroxylation is 1. The Morgan fingerprint density at radius 3 is 2.53 bits per heavy atom. The monoisotopic (exact) mass is 378 g/mol. The predicted octanol–water partition coefficient (Wildman–Crippen LogP) is 3.09. The topological polar surface area (TPSA) is 42.3 Å². The number of aromatic nitrogens is 1. The maximum atomic E-state index is 12.2. The Labute approximate surface area is 112 Å². The first kappa shape index (κ1) is 14.7. The van der Waals surface area contributed by atoms with Crippen LogP contribution in [0.3, 0.4) is 0 Å². The predicted molar refractivity (Wildman–Crippen MR) is 68.3 cm³/mol. The first-order valence-electron chi connectivity index (χ1n) is 4.57. The van der Waals surface area contributed by atoms with Crippen LogP contribution >= 0.6 is 22.9 Å². The zero-order chi connectivity index (χ0) is 13.1. The summed E-state index contributed by atoms with van der Waals surface area (Å²) in [5, 5.41) is 0. The van der Waals surface area contributed by atoms with Gasteiger partial charge in [-0.05, 0) is 18.1 Å². The molecule has 0 saturated carbocycles. The molecule has 1 unspecified atom stereocenters. The lowest BCUT2D eigenvalue weighted by molar-refractivity contribution is -0.141. The van der Waals surface area contributed by atoms with Crippen molar-refractivity contribution in [3.63, 3.8) is 0 Å². The highest BCUT2D eigenvalue weighted by Crippen LogP contribution is 2.27. The summed E-state index contributed by atoms with van der Waals surface area (Å²) in [6.45, 7) is 0. The molecule has 0 fully saturated rings. The highest BCUT2D eigenvalue weighted by atomic mass is 127. The van der Waals surface area contributed by atoms with Gasteiger partial charge in [-0.3, -0.25) is 4.98 Å². The second-order valence-corrected chi connectivity index (χ2v) is 7.18. The van der Waals surface area contributed by atoms with E-state index < -0.39 is 21.6 Å². The molecule has 0 aromatic carbocycles. The standard InChI is InChI=1S/C9H10F3IN2OS/c1-17(16,15-13)5-4-7-2-3-8(14-6-7)9(10,11)12/h2-3,6H,4-5H2,1H3. The molecule has 0 bridgehead atoms. The molecule has 0 saturated heterocycles. The van der Waals surface area contributed by atoms with Crippen LogP contribution in [0.2, 0.25) is 0 Å². The number of halogens is 4. The summed E-state index contributed by atoms with van der Waals surface area (Å²) in [7, 11) is -2.24. The molecule has 1 rings (SSSR count). The SMILES string of the molecule is CS(=O)(CCc1ccc(C(F)(F)F)nc1)=NI. The van der Waals surface area contributed by atoms with Crippen LogP contribution in [0.5, 0.6) is 0 Å². The first-order valence-corrected chi connectivity index (χ1v) is 7.62. The normalized spacial score (nSPS) is 15.4. The third kappa shape index (κ3) is 4.78. The minimum atomic E-state index is -4.42. The van der Waals surface area contributed by atoms with Gasteiger partial charge in [0.25, 0.3) is 0 Å². The van der Waals surface area contributed by atoms with Gasteiger partial charge in [-0.15, -0.1) is 0 Å². The van der Waals surface area contributed by atoms with Gasteiger partial charge in [0.2, 0.25) is 0 Å². The fourth-order valence-corrected chi connectivity index (χ4v) is 2.36. The van der Waals surface area contributed by atoms with Gasteiger partial charge in [0.1, 0.15) is 5.69 Å². The molecule has 0 aliphatic heterocycles. The van der Waals surface area contributed by atoms with E-state index in [-0.39, 0.29) is 0 Å². The minimum Gasteiger partial charge on any atom is -0.252 e. The maximum absolute atomic E-state index is 12.2. The van der Waals surface area contributed by atoms with E-state index in [0.29, 0.717) is 17.7 Å². The fourth-order valence-electron chi connectivity index (χ4n) is 1.08. The molecule has 1 atom stereocenters. The van der Waals surface area contributed by atoms with Crippen molar-refractivity contribution >= 4 is 32.6 Å². The van der Waals surface area contributed by atoms with Crippen molar-refractivity contribution in [1.29, 1.82) is 0 Å². The number of hydrogen-bond acceptors (Lipinski definition) is 3. The van der Waals surface area contributed by atoms with Crippen molar-refractivity contribution in [1.82, 2.24) is 4.98 Å². The van der Waals surface area contributed by atoms with Crippen molar-refractivity contribution in [2.24, 2.45) is 2.58 Å². The lowest BCUT2D eigenvalue weighted by Gasteiger charge is -2.06. The van der Waals surface area contributed by atoms with Crippen LogP contribution in [0.1, 0.15) is 11.3 Å². The zero-order valence-electron chi connectivity index (χ0n) is 8.87. The quantitative estimate of drug-likeness (QED) is 0.759. The molecule has 0 spiro atoms. The second kappa shape index (κ2) is 5.51. The Hall–Kier alpha value is -0.380. The van der Waals surface area contributed by atoms with Crippen LogP contribution in [0.15, 0.2) is 20.9 Å². The lowest BCUT2D eigenvalue weighted by Crippen LogP contribution is -2.09. The Bertz CT molecular complexity index is 492. The summed E-state index contributed by atoms with van der Waals surface area (Å²) in [5.74, 6) is 0.309. The van der Waals surface area contributed by atoms with Gasteiger partial charge in [0.05, 0.1) is 32.6 Å². The number of pyridine rings is 1. The van der Waals surface area contributed by atoms with E-state index in [2.05, 4.69) is 7.56 Å². The third-order valence-electron chi connectivity index (χ3n) is 2.03. The van der Waals surface area contributed by atoms with Crippen LogP contribution < -0.4 is 0 Å². The number of nitrogens with zero attached hydrogens (tertiary/aromatic N) is 2. The van der Waals surface area contributed by atoms with Crippen LogP contribution in [-0.4, -0.2) is 21.2 Å². The van der Waals surface area contributed by atoms with E-state index in [9.17, 15) is 17.4 Å². The van der Waals surface area contributed by atoms with Crippen LogP contribution in [0, 0.1) is 0 Å². The van der Waals surface area contributed by atoms with E-state index in [4.69, 9.17) is 0 Å². The van der Waals surface area contributed by atoms with Gasteiger partial charge in [0, 0.05) is 18.2 Å². The Morgan fingerprint density at radius 2 is 2.12 bits per heavy atom. The largest absolute Gasteiger partial charge is 0.433 e. The average molecular weight is 378 g/mol. The summed E-state index contributed by atoms with van der Waals surface area (Å²) in [5.41, 5.74) is -0.301. The van der Waals surface area contributed by atoms with Gasteiger partial charge >= 0.3 is 6.18 Å².